The third kappa shape index (κ3) is 2.92. The van der Waals surface area contributed by atoms with Crippen LogP contribution in [-0.4, -0.2) is 7.11 Å². The van der Waals surface area contributed by atoms with E-state index in [4.69, 9.17) is 16.3 Å². The van der Waals surface area contributed by atoms with Crippen LogP contribution in [0.25, 0.3) is 0 Å². The molecule has 1 rings (SSSR count). The Hall–Kier alpha value is -0.690. The lowest BCUT2D eigenvalue weighted by molar-refractivity contribution is 0.414. The van der Waals surface area contributed by atoms with Gasteiger partial charge in [0.2, 0.25) is 0 Å². The van der Waals surface area contributed by atoms with Gasteiger partial charge in [-0.25, -0.2) is 0 Å². The van der Waals surface area contributed by atoms with E-state index in [2.05, 4.69) is 13.8 Å². The first-order valence-electron chi connectivity index (χ1n) is 4.46. The Kier molecular flexibility index (Phi) is 3.61. The first-order chi connectivity index (χ1) is 6.13. The van der Waals surface area contributed by atoms with Crippen molar-refractivity contribution in [3.8, 4) is 5.75 Å². The second-order valence-corrected chi connectivity index (χ2v) is 3.96. The van der Waals surface area contributed by atoms with E-state index in [1.165, 1.54) is 5.56 Å². The van der Waals surface area contributed by atoms with Gasteiger partial charge in [-0.3, -0.25) is 0 Å². The molecule has 1 aromatic carbocycles. The Morgan fingerprint density at radius 1 is 1.38 bits per heavy atom. The molecule has 0 bridgehead atoms. The lowest BCUT2D eigenvalue weighted by atomic mass is 10.0. The van der Waals surface area contributed by atoms with Gasteiger partial charge in [0.25, 0.3) is 0 Å². The van der Waals surface area contributed by atoms with E-state index >= 15 is 0 Å². The summed E-state index contributed by atoms with van der Waals surface area (Å²) in [5.74, 6) is 1.45. The van der Waals surface area contributed by atoms with Gasteiger partial charge in [0.05, 0.1) is 7.11 Å². The van der Waals surface area contributed by atoms with Crippen LogP contribution in [0.2, 0.25) is 5.02 Å². The summed E-state index contributed by atoms with van der Waals surface area (Å²) in [4.78, 5) is 0. The van der Waals surface area contributed by atoms with Crippen LogP contribution in [0.15, 0.2) is 18.2 Å². The summed E-state index contributed by atoms with van der Waals surface area (Å²) in [6.07, 6.45) is 1.02. The molecule has 13 heavy (non-hydrogen) atoms. The Morgan fingerprint density at radius 2 is 2.08 bits per heavy atom. The van der Waals surface area contributed by atoms with Gasteiger partial charge in [-0.05, 0) is 30.0 Å². The summed E-state index contributed by atoms with van der Waals surface area (Å²) in [5, 5.41) is 0.799. The molecular weight excluding hydrogens is 184 g/mol. The maximum atomic E-state index is 6.07. The molecule has 1 aromatic rings. The molecule has 0 saturated heterocycles. The molecule has 0 radical (unpaired) electrons. The SMILES string of the molecule is COc1ccc(CC(C)C)c(Cl)c1. The predicted molar refractivity (Wildman–Crippen MR) is 56.5 cm³/mol. The van der Waals surface area contributed by atoms with Crippen LogP contribution in [0.3, 0.4) is 0 Å². The van der Waals surface area contributed by atoms with Crippen LogP contribution >= 0.6 is 11.6 Å². The lowest BCUT2D eigenvalue weighted by Crippen LogP contribution is -1.95. The fraction of sp³-hybridized carbons (Fsp3) is 0.455. The van der Waals surface area contributed by atoms with Crippen molar-refractivity contribution < 1.29 is 4.74 Å². The van der Waals surface area contributed by atoms with Crippen molar-refractivity contribution in [2.75, 3.05) is 7.11 Å². The highest BCUT2D eigenvalue weighted by Crippen LogP contribution is 2.24. The highest BCUT2D eigenvalue weighted by atomic mass is 35.5. The van der Waals surface area contributed by atoms with Crippen LogP contribution < -0.4 is 4.74 Å². The Labute approximate surface area is 84.7 Å². The maximum absolute atomic E-state index is 6.07. The highest BCUT2D eigenvalue weighted by Gasteiger charge is 2.03. The third-order valence-corrected chi connectivity index (χ3v) is 2.24. The largest absolute Gasteiger partial charge is 0.497 e. The summed E-state index contributed by atoms with van der Waals surface area (Å²) in [6.45, 7) is 4.36. The number of hydrogen-bond acceptors (Lipinski definition) is 1. The molecule has 0 saturated carbocycles. The standard InChI is InChI=1S/C11H15ClO/c1-8(2)6-9-4-5-10(13-3)7-11(9)12/h4-5,7-8H,6H2,1-3H3. The average Bonchev–Trinajstić information content (AvgIpc) is 2.08. The third-order valence-electron chi connectivity index (χ3n) is 1.89. The number of hydrogen-bond donors (Lipinski definition) is 0. The predicted octanol–water partition coefficient (Wildman–Crippen LogP) is 3.55. The zero-order chi connectivity index (χ0) is 9.84. The van der Waals surface area contributed by atoms with Gasteiger partial charge >= 0.3 is 0 Å². The molecule has 0 fully saturated rings. The van der Waals surface area contributed by atoms with Crippen molar-refractivity contribution in [2.45, 2.75) is 20.3 Å². The maximum Gasteiger partial charge on any atom is 0.120 e. The monoisotopic (exact) mass is 198 g/mol. The quantitative estimate of drug-likeness (QED) is 0.722. The number of halogens is 1. The van der Waals surface area contributed by atoms with Crippen molar-refractivity contribution in [1.82, 2.24) is 0 Å². The van der Waals surface area contributed by atoms with Gasteiger partial charge in [-0.15, -0.1) is 0 Å². The zero-order valence-electron chi connectivity index (χ0n) is 8.30. The van der Waals surface area contributed by atoms with Crippen LogP contribution in [-0.2, 0) is 6.42 Å². The van der Waals surface area contributed by atoms with E-state index in [9.17, 15) is 0 Å². The van der Waals surface area contributed by atoms with Gasteiger partial charge in [-0.2, -0.15) is 0 Å². The van der Waals surface area contributed by atoms with E-state index < -0.39 is 0 Å². The molecule has 0 N–H and O–H groups in total. The topological polar surface area (TPSA) is 9.23 Å². The molecular formula is C11H15ClO. The van der Waals surface area contributed by atoms with Gasteiger partial charge in [0.15, 0.2) is 0 Å². The first kappa shape index (κ1) is 10.4. The van der Waals surface area contributed by atoms with Crippen molar-refractivity contribution >= 4 is 11.6 Å². The van der Waals surface area contributed by atoms with Crippen LogP contribution in [0.5, 0.6) is 5.75 Å². The van der Waals surface area contributed by atoms with Crippen LogP contribution in [0.1, 0.15) is 19.4 Å². The summed E-state index contributed by atoms with van der Waals surface area (Å²) < 4.78 is 5.07. The summed E-state index contributed by atoms with van der Waals surface area (Å²) in [6, 6.07) is 5.84. The van der Waals surface area contributed by atoms with Crippen molar-refractivity contribution in [3.05, 3.63) is 28.8 Å². The molecule has 0 atom stereocenters. The normalized spacial score (nSPS) is 10.5. The smallest absolute Gasteiger partial charge is 0.120 e. The molecule has 0 aliphatic carbocycles. The van der Waals surface area contributed by atoms with E-state index in [-0.39, 0.29) is 0 Å². The summed E-state index contributed by atoms with van der Waals surface area (Å²) >= 11 is 6.07. The summed E-state index contributed by atoms with van der Waals surface area (Å²) in [5.41, 5.74) is 1.19. The minimum atomic E-state index is 0.630. The number of benzene rings is 1. The number of ether oxygens (including phenoxy) is 1. The minimum absolute atomic E-state index is 0.630. The van der Waals surface area contributed by atoms with Crippen LogP contribution in [0, 0.1) is 5.92 Å². The molecule has 0 spiro atoms. The Morgan fingerprint density at radius 3 is 2.54 bits per heavy atom. The fourth-order valence-corrected chi connectivity index (χ4v) is 1.51. The molecule has 72 valence electrons. The van der Waals surface area contributed by atoms with Gasteiger partial charge in [0, 0.05) is 5.02 Å². The molecule has 1 nitrogen and oxygen atoms in total. The number of methoxy groups -OCH3 is 1. The second kappa shape index (κ2) is 4.52. The van der Waals surface area contributed by atoms with E-state index in [1.807, 2.05) is 18.2 Å². The molecule has 0 heterocycles. The van der Waals surface area contributed by atoms with Gasteiger partial charge in [0.1, 0.15) is 5.75 Å². The van der Waals surface area contributed by atoms with Crippen LogP contribution in [0.4, 0.5) is 0 Å². The minimum Gasteiger partial charge on any atom is -0.497 e. The molecule has 0 aliphatic heterocycles. The molecule has 0 aliphatic rings. The lowest BCUT2D eigenvalue weighted by Gasteiger charge is -2.08. The average molecular weight is 199 g/mol. The fourth-order valence-electron chi connectivity index (χ4n) is 1.26. The van der Waals surface area contributed by atoms with Gasteiger partial charge < -0.3 is 4.74 Å². The highest BCUT2D eigenvalue weighted by molar-refractivity contribution is 6.31. The van der Waals surface area contributed by atoms with Crippen molar-refractivity contribution in [3.63, 3.8) is 0 Å². The molecule has 0 aromatic heterocycles. The van der Waals surface area contributed by atoms with E-state index in [0.29, 0.717) is 5.92 Å². The summed E-state index contributed by atoms with van der Waals surface area (Å²) in [7, 11) is 1.65. The number of rotatable bonds is 3. The first-order valence-corrected chi connectivity index (χ1v) is 4.83. The van der Waals surface area contributed by atoms with Crippen molar-refractivity contribution in [2.24, 2.45) is 5.92 Å². The molecule has 0 amide bonds. The van der Waals surface area contributed by atoms with Gasteiger partial charge in [-0.1, -0.05) is 31.5 Å². The second-order valence-electron chi connectivity index (χ2n) is 3.56. The van der Waals surface area contributed by atoms with E-state index in [0.717, 1.165) is 17.2 Å². The molecule has 2 heteroatoms. The van der Waals surface area contributed by atoms with Crippen molar-refractivity contribution in [1.29, 1.82) is 0 Å². The zero-order valence-corrected chi connectivity index (χ0v) is 9.06. The molecule has 0 unspecified atom stereocenters. The van der Waals surface area contributed by atoms with E-state index in [1.54, 1.807) is 7.11 Å². The Balaban J connectivity index is 2.85. The Bertz CT molecular complexity index is 281.